The van der Waals surface area contributed by atoms with Crippen molar-refractivity contribution in [3.05, 3.63) is 85.1 Å². The van der Waals surface area contributed by atoms with Gasteiger partial charge in [0.05, 0.1) is 6.61 Å². The van der Waals surface area contributed by atoms with Gasteiger partial charge < -0.3 is 14.2 Å². The molecule has 0 amide bonds. The van der Waals surface area contributed by atoms with Crippen LogP contribution in [0.25, 0.3) is 0 Å². The molecule has 1 atom stereocenters. The van der Waals surface area contributed by atoms with Gasteiger partial charge in [-0.05, 0) is 89.9 Å². The smallest absolute Gasteiger partial charge is 0.306 e. The van der Waals surface area contributed by atoms with E-state index in [1.165, 1.54) is 116 Å². The minimum atomic E-state index is -0.552. The highest BCUT2D eigenvalue weighted by molar-refractivity contribution is 5.70. The molecule has 0 spiro atoms. The first-order valence-electron chi connectivity index (χ1n) is 27.1. The highest BCUT2D eigenvalue weighted by atomic mass is 16.6. The molecule has 0 aromatic carbocycles. The molecule has 0 aliphatic rings. The molecule has 368 valence electrons. The van der Waals surface area contributed by atoms with Crippen molar-refractivity contribution in [1.82, 2.24) is 0 Å². The molecule has 0 radical (unpaired) electrons. The van der Waals surface area contributed by atoms with E-state index in [1.807, 2.05) is 0 Å². The molecule has 0 N–H and O–H groups in total. The van der Waals surface area contributed by atoms with Gasteiger partial charge >= 0.3 is 11.9 Å². The average Bonchev–Trinajstić information content (AvgIpc) is 3.30. The molecule has 64 heavy (non-hydrogen) atoms. The van der Waals surface area contributed by atoms with Gasteiger partial charge in [-0.25, -0.2) is 0 Å². The Hall–Kier alpha value is -2.92. The molecule has 0 saturated heterocycles. The first-order chi connectivity index (χ1) is 31.6. The normalized spacial score (nSPS) is 12.9. The van der Waals surface area contributed by atoms with Crippen molar-refractivity contribution in [2.24, 2.45) is 0 Å². The van der Waals surface area contributed by atoms with Crippen molar-refractivity contribution < 1.29 is 23.8 Å². The molecule has 0 aliphatic carbocycles. The number of ether oxygens (including phenoxy) is 3. The Morgan fingerprint density at radius 1 is 0.359 bits per heavy atom. The minimum Gasteiger partial charge on any atom is -0.462 e. The summed E-state index contributed by atoms with van der Waals surface area (Å²) in [7, 11) is 0. The van der Waals surface area contributed by atoms with Gasteiger partial charge in [0, 0.05) is 19.4 Å². The minimum absolute atomic E-state index is 0.0709. The van der Waals surface area contributed by atoms with Crippen molar-refractivity contribution >= 4 is 11.9 Å². The van der Waals surface area contributed by atoms with E-state index < -0.39 is 6.10 Å². The first-order valence-corrected chi connectivity index (χ1v) is 27.1. The molecule has 0 saturated carbocycles. The van der Waals surface area contributed by atoms with E-state index in [-0.39, 0.29) is 25.2 Å². The van der Waals surface area contributed by atoms with Crippen LogP contribution in [0.15, 0.2) is 85.1 Å². The van der Waals surface area contributed by atoms with Gasteiger partial charge in [-0.3, -0.25) is 9.59 Å². The summed E-state index contributed by atoms with van der Waals surface area (Å²) in [5, 5.41) is 0. The topological polar surface area (TPSA) is 61.8 Å². The van der Waals surface area contributed by atoms with E-state index in [0.29, 0.717) is 19.4 Å². The Balaban J connectivity index is 4.31. The lowest BCUT2D eigenvalue weighted by molar-refractivity contribution is -0.163. The van der Waals surface area contributed by atoms with Gasteiger partial charge in [-0.2, -0.15) is 0 Å². The fourth-order valence-electron chi connectivity index (χ4n) is 7.46. The highest BCUT2D eigenvalue weighted by Gasteiger charge is 2.17. The van der Waals surface area contributed by atoms with Gasteiger partial charge in [0.1, 0.15) is 6.61 Å². The number of allylic oxidation sites excluding steroid dienone is 14. The summed E-state index contributed by atoms with van der Waals surface area (Å²) in [4.78, 5) is 25.4. The van der Waals surface area contributed by atoms with Crippen LogP contribution in [0.5, 0.6) is 0 Å². The second-order valence-electron chi connectivity index (χ2n) is 17.7. The van der Waals surface area contributed by atoms with Gasteiger partial charge in [-0.15, -0.1) is 0 Å². The number of hydrogen-bond acceptors (Lipinski definition) is 5. The molecule has 0 aromatic heterocycles. The van der Waals surface area contributed by atoms with Crippen molar-refractivity contribution in [1.29, 1.82) is 0 Å². The predicted octanol–water partition coefficient (Wildman–Crippen LogP) is 18.5. The van der Waals surface area contributed by atoms with Crippen molar-refractivity contribution in [3.63, 3.8) is 0 Å². The number of unbranched alkanes of at least 4 members (excludes halogenated alkanes) is 24. The standard InChI is InChI=1S/C59H102O5/c1-4-7-10-13-16-19-22-25-27-29-31-33-36-39-42-45-48-51-54-62-55-57(64-59(61)53-50-47-44-41-38-34-24-21-18-15-12-9-6-3)56-63-58(60)52-49-46-43-40-37-35-32-30-28-26-23-20-17-14-11-8-5-2/h7-8,10-11,16-17,19-20,25-28,31,33,57H,4-6,9,12-15,18,21-24,29-30,32,34-56H2,1-3H3/b10-7-,11-8-,19-16-,20-17-,27-25-,28-26-,33-31-. The lowest BCUT2D eigenvalue weighted by Gasteiger charge is -2.18. The summed E-state index contributed by atoms with van der Waals surface area (Å²) in [6, 6.07) is 0. The largest absolute Gasteiger partial charge is 0.462 e. The Morgan fingerprint density at radius 2 is 0.703 bits per heavy atom. The fraction of sp³-hybridized carbons (Fsp3) is 0.729. The van der Waals surface area contributed by atoms with E-state index in [9.17, 15) is 9.59 Å². The summed E-state index contributed by atoms with van der Waals surface area (Å²) in [6.45, 7) is 7.57. The Labute approximate surface area is 397 Å². The molecule has 0 aromatic rings. The molecule has 5 heteroatoms. The van der Waals surface area contributed by atoms with Crippen LogP contribution in [0, 0.1) is 0 Å². The van der Waals surface area contributed by atoms with E-state index in [0.717, 1.165) is 103 Å². The zero-order valence-corrected chi connectivity index (χ0v) is 42.3. The van der Waals surface area contributed by atoms with Crippen molar-refractivity contribution in [3.8, 4) is 0 Å². The third-order valence-electron chi connectivity index (χ3n) is 11.4. The third-order valence-corrected chi connectivity index (χ3v) is 11.4. The molecule has 0 rings (SSSR count). The summed E-state index contributed by atoms with van der Waals surface area (Å²) >= 11 is 0. The Bertz CT molecular complexity index is 1190. The molecular formula is C59H102O5. The van der Waals surface area contributed by atoms with Crippen molar-refractivity contribution in [2.45, 2.75) is 258 Å². The van der Waals surface area contributed by atoms with Crippen LogP contribution in [0.3, 0.4) is 0 Å². The predicted molar refractivity (Wildman–Crippen MR) is 279 cm³/mol. The van der Waals surface area contributed by atoms with Gasteiger partial charge in [0.25, 0.3) is 0 Å². The van der Waals surface area contributed by atoms with E-state index in [1.54, 1.807) is 0 Å². The zero-order valence-electron chi connectivity index (χ0n) is 42.3. The van der Waals surface area contributed by atoms with Crippen LogP contribution in [0.4, 0.5) is 0 Å². The maximum Gasteiger partial charge on any atom is 0.306 e. The van der Waals surface area contributed by atoms with Crippen LogP contribution in [-0.4, -0.2) is 37.9 Å². The fourth-order valence-corrected chi connectivity index (χ4v) is 7.46. The van der Waals surface area contributed by atoms with Crippen LogP contribution < -0.4 is 0 Å². The second kappa shape index (κ2) is 54.4. The number of rotatable bonds is 49. The Morgan fingerprint density at radius 3 is 1.12 bits per heavy atom. The molecule has 0 bridgehead atoms. The lowest BCUT2D eigenvalue weighted by Crippen LogP contribution is -2.30. The van der Waals surface area contributed by atoms with Crippen LogP contribution in [0.1, 0.15) is 252 Å². The highest BCUT2D eigenvalue weighted by Crippen LogP contribution is 2.15. The summed E-state index contributed by atoms with van der Waals surface area (Å²) in [6.07, 6.45) is 71.6. The SMILES string of the molecule is CC/C=C\C/C=C\C/C=C\C/C=C\CCCCCCCOCC(COC(=O)CCCCCCCCC/C=C\C/C=C\C/C=C\CC)OC(=O)CCCCCCCCCCCCCCC. The zero-order chi connectivity index (χ0) is 46.3. The molecule has 0 heterocycles. The maximum absolute atomic E-state index is 12.8. The number of hydrogen-bond donors (Lipinski definition) is 0. The number of carbonyl (C=O) groups excluding carboxylic acids is 2. The monoisotopic (exact) mass is 891 g/mol. The van der Waals surface area contributed by atoms with Crippen LogP contribution in [-0.2, 0) is 23.8 Å². The lowest BCUT2D eigenvalue weighted by atomic mass is 10.0. The molecular weight excluding hydrogens is 789 g/mol. The van der Waals surface area contributed by atoms with Crippen LogP contribution in [0.2, 0.25) is 0 Å². The summed E-state index contributed by atoms with van der Waals surface area (Å²) < 4.78 is 17.4. The number of carbonyl (C=O) groups is 2. The quantitative estimate of drug-likeness (QED) is 0.0346. The number of esters is 2. The van der Waals surface area contributed by atoms with Gasteiger partial charge in [0.15, 0.2) is 6.10 Å². The van der Waals surface area contributed by atoms with Crippen LogP contribution >= 0.6 is 0 Å². The molecule has 1 unspecified atom stereocenters. The van der Waals surface area contributed by atoms with Crippen molar-refractivity contribution in [2.75, 3.05) is 19.8 Å². The average molecular weight is 891 g/mol. The van der Waals surface area contributed by atoms with E-state index >= 15 is 0 Å². The maximum atomic E-state index is 12.8. The molecule has 0 aliphatic heterocycles. The second-order valence-corrected chi connectivity index (χ2v) is 17.7. The summed E-state index contributed by atoms with van der Waals surface area (Å²) in [5.74, 6) is -0.415. The summed E-state index contributed by atoms with van der Waals surface area (Å²) in [5.41, 5.74) is 0. The third kappa shape index (κ3) is 51.7. The Kier molecular flexibility index (Phi) is 51.9. The van der Waals surface area contributed by atoms with Gasteiger partial charge in [0.2, 0.25) is 0 Å². The van der Waals surface area contributed by atoms with E-state index in [2.05, 4.69) is 106 Å². The molecule has 5 nitrogen and oxygen atoms in total. The van der Waals surface area contributed by atoms with E-state index in [4.69, 9.17) is 14.2 Å². The first kappa shape index (κ1) is 61.1. The molecule has 0 fully saturated rings. The van der Waals surface area contributed by atoms with Gasteiger partial charge in [-0.1, -0.05) is 234 Å².